The minimum absolute atomic E-state index is 0. The predicted octanol–water partition coefficient (Wildman–Crippen LogP) is -3.72. The number of aliphatic hydroxyl groups is 2. The average molecular weight is 256 g/mol. The van der Waals surface area contributed by atoms with Crippen molar-refractivity contribution in [2.45, 2.75) is 11.2 Å². The molecule has 16 heavy (non-hydrogen) atoms. The maximum atomic E-state index is 10.5. The Morgan fingerprint density at radius 1 is 1.25 bits per heavy atom. The molecule has 1 aromatic carbocycles. The smallest absolute Gasteiger partial charge is 0.744 e. The molecule has 84 valence electrons. The van der Waals surface area contributed by atoms with Crippen LogP contribution in [-0.2, 0) is 10.1 Å². The Balaban J connectivity index is 0.00000225. The van der Waals surface area contributed by atoms with Crippen LogP contribution in [0, 0.1) is 0 Å². The minimum atomic E-state index is -4.46. The third kappa shape index (κ3) is 5.26. The first kappa shape index (κ1) is 15.9. The summed E-state index contributed by atoms with van der Waals surface area (Å²) in [5.74, 6) is 0.246. The molecule has 6 nitrogen and oxygen atoms in total. The first-order chi connectivity index (χ1) is 6.89. The maximum Gasteiger partial charge on any atom is 1.00 e. The molecule has 0 aliphatic rings. The molecule has 0 aromatic heterocycles. The molecule has 1 rings (SSSR count). The second-order valence-electron chi connectivity index (χ2n) is 2.72. The molecule has 0 spiro atoms. The van der Waals surface area contributed by atoms with Gasteiger partial charge in [-0.15, -0.1) is 0 Å². The van der Waals surface area contributed by atoms with Crippen LogP contribution < -0.4 is 34.3 Å². The molecule has 0 saturated carbocycles. The summed E-state index contributed by atoms with van der Waals surface area (Å²) in [6.45, 7) is -0.330. The molecule has 2 N–H and O–H groups in total. The van der Waals surface area contributed by atoms with Crippen molar-refractivity contribution in [3.05, 3.63) is 24.3 Å². The van der Waals surface area contributed by atoms with Crippen molar-refractivity contribution in [2.75, 3.05) is 6.61 Å². The van der Waals surface area contributed by atoms with E-state index in [9.17, 15) is 13.0 Å². The van der Waals surface area contributed by atoms with Gasteiger partial charge in [-0.25, -0.2) is 8.42 Å². The van der Waals surface area contributed by atoms with E-state index >= 15 is 0 Å². The molecule has 0 aliphatic carbocycles. The summed E-state index contributed by atoms with van der Waals surface area (Å²) in [6, 6.07) is 4.68. The summed E-state index contributed by atoms with van der Waals surface area (Å²) >= 11 is 0. The van der Waals surface area contributed by atoms with Crippen LogP contribution in [0.15, 0.2) is 29.2 Å². The Morgan fingerprint density at radius 2 is 1.75 bits per heavy atom. The second kappa shape index (κ2) is 6.55. The van der Waals surface area contributed by atoms with E-state index in [1.165, 1.54) is 12.1 Å². The third-order valence-electron chi connectivity index (χ3n) is 1.51. The fraction of sp³-hybridized carbons (Fsp3) is 0.250. The number of ether oxygens (including phenoxy) is 1. The van der Waals surface area contributed by atoms with Crippen LogP contribution in [0.25, 0.3) is 0 Å². The molecular formula is C8H9NaO6S. The Bertz CT molecular complexity index is 413. The zero-order valence-electron chi connectivity index (χ0n) is 8.53. The predicted molar refractivity (Wildman–Crippen MR) is 48.1 cm³/mol. The third-order valence-corrected chi connectivity index (χ3v) is 2.36. The van der Waals surface area contributed by atoms with Gasteiger partial charge in [-0.3, -0.25) is 0 Å². The molecule has 0 unspecified atom stereocenters. The Morgan fingerprint density at radius 3 is 2.12 bits per heavy atom. The van der Waals surface area contributed by atoms with E-state index in [2.05, 4.69) is 0 Å². The number of aliphatic hydroxyl groups excluding tert-OH is 1. The zero-order valence-corrected chi connectivity index (χ0v) is 11.3. The van der Waals surface area contributed by atoms with Gasteiger partial charge in [0.2, 0.25) is 0 Å². The summed E-state index contributed by atoms with van der Waals surface area (Å²) in [5, 5.41) is 17.0. The van der Waals surface area contributed by atoms with Crippen LogP contribution in [0.2, 0.25) is 0 Å². The maximum absolute atomic E-state index is 10.5. The molecule has 0 aliphatic heterocycles. The van der Waals surface area contributed by atoms with Crippen LogP contribution in [0.3, 0.4) is 0 Å². The van der Waals surface area contributed by atoms with E-state index in [0.29, 0.717) is 0 Å². The standard InChI is InChI=1S/C8H10O6S.Na/c9-8(10)5-14-6-1-3-7(4-2-6)15(11,12)13;/h1-4,8-10H,5H2,(H,11,12,13);/q;+1/p-1. The molecule has 0 amide bonds. The number of benzene rings is 1. The van der Waals surface area contributed by atoms with Gasteiger partial charge in [0.15, 0.2) is 6.29 Å². The van der Waals surface area contributed by atoms with Gasteiger partial charge in [0.1, 0.15) is 22.5 Å². The van der Waals surface area contributed by atoms with E-state index in [0.717, 1.165) is 12.1 Å². The van der Waals surface area contributed by atoms with Crippen molar-refractivity contribution in [3.8, 4) is 5.75 Å². The summed E-state index contributed by atoms with van der Waals surface area (Å²) in [4.78, 5) is -0.362. The van der Waals surface area contributed by atoms with Crippen molar-refractivity contribution in [2.24, 2.45) is 0 Å². The van der Waals surface area contributed by atoms with Gasteiger partial charge in [-0.1, -0.05) is 0 Å². The van der Waals surface area contributed by atoms with Crippen molar-refractivity contribution >= 4 is 10.1 Å². The Kier molecular flexibility index (Phi) is 6.49. The van der Waals surface area contributed by atoms with Gasteiger partial charge in [-0.05, 0) is 24.3 Å². The molecule has 0 saturated heterocycles. The van der Waals surface area contributed by atoms with Crippen LogP contribution in [0.4, 0.5) is 0 Å². The molecule has 0 heterocycles. The first-order valence-corrected chi connectivity index (χ1v) is 5.35. The summed E-state index contributed by atoms with van der Waals surface area (Å²) in [7, 11) is -4.46. The van der Waals surface area contributed by atoms with Crippen molar-refractivity contribution in [3.63, 3.8) is 0 Å². The Labute approximate surface area is 115 Å². The van der Waals surface area contributed by atoms with Crippen LogP contribution in [0.5, 0.6) is 5.75 Å². The van der Waals surface area contributed by atoms with Crippen molar-refractivity contribution < 1.29 is 57.5 Å². The summed E-state index contributed by atoms with van der Waals surface area (Å²) in [6.07, 6.45) is -1.60. The Hall–Kier alpha value is -0.150. The van der Waals surface area contributed by atoms with Crippen LogP contribution in [-0.4, -0.2) is 36.1 Å². The van der Waals surface area contributed by atoms with E-state index in [4.69, 9.17) is 14.9 Å². The quantitative estimate of drug-likeness (QED) is 0.326. The van der Waals surface area contributed by atoms with Gasteiger partial charge < -0.3 is 19.5 Å². The monoisotopic (exact) mass is 256 g/mol. The van der Waals surface area contributed by atoms with Crippen LogP contribution in [0.1, 0.15) is 0 Å². The van der Waals surface area contributed by atoms with E-state index in [1.807, 2.05) is 0 Å². The average Bonchev–Trinajstić information content (AvgIpc) is 2.14. The number of hydrogen-bond donors (Lipinski definition) is 2. The van der Waals surface area contributed by atoms with Gasteiger partial charge in [0.25, 0.3) is 0 Å². The molecular weight excluding hydrogens is 247 g/mol. The first-order valence-electron chi connectivity index (χ1n) is 3.94. The minimum Gasteiger partial charge on any atom is -0.744 e. The van der Waals surface area contributed by atoms with Gasteiger partial charge in [-0.2, -0.15) is 0 Å². The van der Waals surface area contributed by atoms with Gasteiger partial charge in [0.05, 0.1) is 4.90 Å². The molecule has 0 bridgehead atoms. The second-order valence-corrected chi connectivity index (χ2v) is 4.10. The van der Waals surface area contributed by atoms with Crippen molar-refractivity contribution in [1.29, 1.82) is 0 Å². The summed E-state index contributed by atoms with van der Waals surface area (Å²) < 4.78 is 36.4. The van der Waals surface area contributed by atoms with Crippen LogP contribution >= 0.6 is 0 Å². The van der Waals surface area contributed by atoms with E-state index in [1.54, 1.807) is 0 Å². The summed E-state index contributed by atoms with van der Waals surface area (Å²) in [5.41, 5.74) is 0. The SMILES string of the molecule is O=S(=O)([O-])c1ccc(OCC(O)O)cc1.[Na+]. The topological polar surface area (TPSA) is 107 Å². The zero-order chi connectivity index (χ0) is 11.5. The van der Waals surface area contributed by atoms with E-state index < -0.39 is 16.4 Å². The molecule has 0 radical (unpaired) electrons. The number of rotatable bonds is 4. The fourth-order valence-corrected chi connectivity index (χ4v) is 1.34. The molecule has 0 fully saturated rings. The van der Waals surface area contributed by atoms with E-state index in [-0.39, 0.29) is 46.8 Å². The van der Waals surface area contributed by atoms with Gasteiger partial charge in [0, 0.05) is 0 Å². The normalized spacial score (nSPS) is 11.0. The molecule has 0 atom stereocenters. The fourth-order valence-electron chi connectivity index (χ4n) is 0.873. The molecule has 8 heteroatoms. The number of hydrogen-bond acceptors (Lipinski definition) is 6. The largest absolute Gasteiger partial charge is 1.00 e. The van der Waals surface area contributed by atoms with Gasteiger partial charge >= 0.3 is 29.6 Å². The molecule has 1 aromatic rings. The van der Waals surface area contributed by atoms with Crippen molar-refractivity contribution in [1.82, 2.24) is 0 Å².